The molecular formula is C14H17ClN2O. The molecule has 0 aliphatic rings. The van der Waals surface area contributed by atoms with Crippen molar-refractivity contribution in [3.63, 3.8) is 0 Å². The van der Waals surface area contributed by atoms with Gasteiger partial charge in [0.05, 0.1) is 24.3 Å². The lowest BCUT2D eigenvalue weighted by atomic mass is 10.1. The van der Waals surface area contributed by atoms with Gasteiger partial charge < -0.3 is 9.67 Å². The normalized spacial score (nSPS) is 12.9. The fraction of sp³-hybridized carbons (Fsp3) is 0.357. The van der Waals surface area contributed by atoms with Crippen molar-refractivity contribution in [3.8, 4) is 0 Å². The highest BCUT2D eigenvalue weighted by Crippen LogP contribution is 2.24. The third-order valence-electron chi connectivity index (χ3n) is 2.96. The molecule has 1 N–H and O–H groups in total. The highest BCUT2D eigenvalue weighted by Gasteiger charge is 2.16. The SMILES string of the molecule is CC(C)n1cncc1C(O)Cc1ccccc1Cl. The molecule has 0 saturated carbocycles. The van der Waals surface area contributed by atoms with E-state index in [4.69, 9.17) is 11.6 Å². The number of aromatic nitrogens is 2. The smallest absolute Gasteiger partial charge is 0.0996 e. The zero-order valence-corrected chi connectivity index (χ0v) is 11.3. The van der Waals surface area contributed by atoms with Crippen molar-refractivity contribution >= 4 is 11.6 Å². The lowest BCUT2D eigenvalue weighted by molar-refractivity contribution is 0.167. The van der Waals surface area contributed by atoms with Crippen LogP contribution in [0.3, 0.4) is 0 Å². The van der Waals surface area contributed by atoms with Crippen molar-refractivity contribution in [2.45, 2.75) is 32.4 Å². The van der Waals surface area contributed by atoms with Crippen LogP contribution in [0.1, 0.15) is 37.3 Å². The van der Waals surface area contributed by atoms with E-state index < -0.39 is 6.10 Å². The molecule has 0 radical (unpaired) electrons. The molecule has 0 bridgehead atoms. The second kappa shape index (κ2) is 5.55. The van der Waals surface area contributed by atoms with Gasteiger partial charge in [-0.05, 0) is 25.5 Å². The van der Waals surface area contributed by atoms with Crippen molar-refractivity contribution in [1.29, 1.82) is 0 Å². The van der Waals surface area contributed by atoms with Gasteiger partial charge in [-0.1, -0.05) is 29.8 Å². The van der Waals surface area contributed by atoms with Gasteiger partial charge in [0, 0.05) is 17.5 Å². The molecule has 96 valence electrons. The molecule has 2 aromatic rings. The number of rotatable bonds is 4. The molecule has 18 heavy (non-hydrogen) atoms. The van der Waals surface area contributed by atoms with E-state index in [1.807, 2.05) is 28.8 Å². The molecule has 1 atom stereocenters. The Hall–Kier alpha value is -1.32. The number of hydrogen-bond donors (Lipinski definition) is 1. The molecule has 1 aromatic heterocycles. The molecule has 4 heteroatoms. The minimum Gasteiger partial charge on any atom is -0.386 e. The molecule has 0 fully saturated rings. The molecule has 0 saturated heterocycles. The third-order valence-corrected chi connectivity index (χ3v) is 3.33. The maximum atomic E-state index is 10.3. The summed E-state index contributed by atoms with van der Waals surface area (Å²) in [6.45, 7) is 4.13. The van der Waals surface area contributed by atoms with Crippen LogP contribution in [-0.2, 0) is 6.42 Å². The highest BCUT2D eigenvalue weighted by atomic mass is 35.5. The van der Waals surface area contributed by atoms with E-state index in [-0.39, 0.29) is 6.04 Å². The maximum Gasteiger partial charge on any atom is 0.0996 e. The van der Waals surface area contributed by atoms with Crippen LogP contribution < -0.4 is 0 Å². The van der Waals surface area contributed by atoms with Crippen LogP contribution in [-0.4, -0.2) is 14.7 Å². The van der Waals surface area contributed by atoms with Gasteiger partial charge >= 0.3 is 0 Å². The lowest BCUT2D eigenvalue weighted by Crippen LogP contribution is -2.11. The minimum atomic E-state index is -0.588. The molecule has 0 aliphatic heterocycles. The zero-order valence-electron chi connectivity index (χ0n) is 10.5. The van der Waals surface area contributed by atoms with E-state index in [0.29, 0.717) is 11.4 Å². The van der Waals surface area contributed by atoms with Gasteiger partial charge in [0.1, 0.15) is 0 Å². The van der Waals surface area contributed by atoms with Crippen LogP contribution in [0, 0.1) is 0 Å². The monoisotopic (exact) mass is 264 g/mol. The topological polar surface area (TPSA) is 38.0 Å². The maximum absolute atomic E-state index is 10.3. The summed E-state index contributed by atoms with van der Waals surface area (Å²) in [6.07, 6.45) is 3.37. The van der Waals surface area contributed by atoms with Crippen LogP contribution >= 0.6 is 11.6 Å². The molecular weight excluding hydrogens is 248 g/mol. The van der Waals surface area contributed by atoms with Gasteiger partial charge in [-0.2, -0.15) is 0 Å². The summed E-state index contributed by atoms with van der Waals surface area (Å²) in [5.74, 6) is 0. The fourth-order valence-corrected chi connectivity index (χ4v) is 2.19. The molecule has 0 aliphatic carbocycles. The molecule has 2 rings (SSSR count). The number of halogens is 1. The molecule has 0 spiro atoms. The second-order valence-corrected chi connectivity index (χ2v) is 5.04. The summed E-state index contributed by atoms with van der Waals surface area (Å²) in [5.41, 5.74) is 1.77. The van der Waals surface area contributed by atoms with Gasteiger partial charge in [0.15, 0.2) is 0 Å². The third kappa shape index (κ3) is 2.74. The van der Waals surface area contributed by atoms with Gasteiger partial charge in [0.2, 0.25) is 0 Å². The first-order valence-corrected chi connectivity index (χ1v) is 6.40. The summed E-state index contributed by atoms with van der Waals surface area (Å²) < 4.78 is 1.97. The van der Waals surface area contributed by atoms with E-state index in [1.165, 1.54) is 0 Å². The predicted molar refractivity (Wildman–Crippen MR) is 72.7 cm³/mol. The van der Waals surface area contributed by atoms with Gasteiger partial charge in [-0.15, -0.1) is 0 Å². The summed E-state index contributed by atoms with van der Waals surface area (Å²) in [4.78, 5) is 4.10. The number of imidazole rings is 1. The zero-order chi connectivity index (χ0) is 13.1. The minimum absolute atomic E-state index is 0.281. The van der Waals surface area contributed by atoms with Crippen LogP contribution in [0.4, 0.5) is 0 Å². The first-order valence-electron chi connectivity index (χ1n) is 6.02. The average Bonchev–Trinajstić information content (AvgIpc) is 2.81. The van der Waals surface area contributed by atoms with Gasteiger partial charge in [-0.3, -0.25) is 0 Å². The average molecular weight is 265 g/mol. The predicted octanol–water partition coefficient (Wildman–Crippen LogP) is 3.39. The van der Waals surface area contributed by atoms with Crippen LogP contribution in [0.25, 0.3) is 0 Å². The molecule has 0 amide bonds. The fourth-order valence-electron chi connectivity index (χ4n) is 1.98. The Morgan fingerprint density at radius 3 is 2.72 bits per heavy atom. The first-order chi connectivity index (χ1) is 8.59. The highest BCUT2D eigenvalue weighted by molar-refractivity contribution is 6.31. The Kier molecular flexibility index (Phi) is 4.04. The standard InChI is InChI=1S/C14H17ClN2O/c1-10(2)17-9-16-8-13(17)14(18)7-11-5-3-4-6-12(11)15/h3-6,8-10,14,18H,7H2,1-2H3. The van der Waals surface area contributed by atoms with Gasteiger partial charge in [0.25, 0.3) is 0 Å². The van der Waals surface area contributed by atoms with Crippen LogP contribution in [0.15, 0.2) is 36.8 Å². The molecule has 1 unspecified atom stereocenters. The van der Waals surface area contributed by atoms with Crippen molar-refractivity contribution in [2.24, 2.45) is 0 Å². The van der Waals surface area contributed by atoms with E-state index in [0.717, 1.165) is 11.3 Å². The van der Waals surface area contributed by atoms with Gasteiger partial charge in [-0.25, -0.2) is 4.98 Å². The second-order valence-electron chi connectivity index (χ2n) is 4.63. The summed E-state index contributed by atoms with van der Waals surface area (Å²) in [5, 5.41) is 11.0. The summed E-state index contributed by atoms with van der Waals surface area (Å²) in [7, 11) is 0. The number of aliphatic hydroxyl groups is 1. The molecule has 3 nitrogen and oxygen atoms in total. The first kappa shape index (κ1) is 13.1. The largest absolute Gasteiger partial charge is 0.386 e. The lowest BCUT2D eigenvalue weighted by Gasteiger charge is -2.17. The number of nitrogens with zero attached hydrogens (tertiary/aromatic N) is 2. The number of aliphatic hydroxyl groups excluding tert-OH is 1. The van der Waals surface area contributed by atoms with E-state index >= 15 is 0 Å². The van der Waals surface area contributed by atoms with Crippen LogP contribution in [0.5, 0.6) is 0 Å². The molecule has 1 aromatic carbocycles. The van der Waals surface area contributed by atoms with Crippen molar-refractivity contribution in [3.05, 3.63) is 53.1 Å². The van der Waals surface area contributed by atoms with Crippen LogP contribution in [0.2, 0.25) is 5.02 Å². The Morgan fingerprint density at radius 2 is 2.06 bits per heavy atom. The number of benzene rings is 1. The van der Waals surface area contributed by atoms with Crippen molar-refractivity contribution in [1.82, 2.24) is 9.55 Å². The van der Waals surface area contributed by atoms with Crippen molar-refractivity contribution < 1.29 is 5.11 Å². The summed E-state index contributed by atoms with van der Waals surface area (Å²) in [6, 6.07) is 7.86. The Morgan fingerprint density at radius 1 is 1.33 bits per heavy atom. The Bertz CT molecular complexity index is 522. The molecule has 1 heterocycles. The van der Waals surface area contributed by atoms with E-state index in [1.54, 1.807) is 12.5 Å². The Balaban J connectivity index is 2.20. The van der Waals surface area contributed by atoms with Crippen molar-refractivity contribution in [2.75, 3.05) is 0 Å². The number of hydrogen-bond acceptors (Lipinski definition) is 2. The summed E-state index contributed by atoms with van der Waals surface area (Å²) >= 11 is 6.10. The Labute approximate surface area is 112 Å². The van der Waals surface area contributed by atoms with E-state index in [2.05, 4.69) is 18.8 Å². The van der Waals surface area contributed by atoms with E-state index in [9.17, 15) is 5.11 Å². The quantitative estimate of drug-likeness (QED) is 0.919.